The van der Waals surface area contributed by atoms with Gasteiger partial charge in [-0.1, -0.05) is 24.3 Å². The van der Waals surface area contributed by atoms with Crippen LogP contribution in [0.15, 0.2) is 59.4 Å². The molecule has 164 valence electrons. The number of fused-ring (bicyclic) bond motifs is 1. The van der Waals surface area contributed by atoms with Crippen LogP contribution in [-0.4, -0.2) is 46.8 Å². The molecule has 31 heavy (non-hydrogen) atoms. The van der Waals surface area contributed by atoms with Gasteiger partial charge in [-0.3, -0.25) is 14.0 Å². The summed E-state index contributed by atoms with van der Waals surface area (Å²) in [7, 11) is 1.76. The largest absolute Gasteiger partial charge is 0.416 e. The third-order valence-corrected chi connectivity index (χ3v) is 5.77. The SMILES string of the molecule is Cn1c(=O)n(/C=C/CCN2CCN(c3cccc(C(F)(F)F)c3)CC2)c2ccccc21. The van der Waals surface area contributed by atoms with Crippen molar-refractivity contribution in [2.75, 3.05) is 37.6 Å². The van der Waals surface area contributed by atoms with Crippen LogP contribution in [0.3, 0.4) is 0 Å². The van der Waals surface area contributed by atoms with Crippen molar-refractivity contribution in [3.05, 3.63) is 70.7 Å². The predicted molar refractivity (Wildman–Crippen MR) is 117 cm³/mol. The van der Waals surface area contributed by atoms with E-state index in [0.29, 0.717) is 18.8 Å². The highest BCUT2D eigenvalue weighted by Gasteiger charge is 2.31. The number of hydrogen-bond acceptors (Lipinski definition) is 3. The second-order valence-electron chi connectivity index (χ2n) is 7.75. The first-order valence-corrected chi connectivity index (χ1v) is 10.3. The number of imidazole rings is 1. The molecule has 3 aromatic rings. The van der Waals surface area contributed by atoms with Crippen LogP contribution in [0.4, 0.5) is 18.9 Å². The molecule has 0 amide bonds. The van der Waals surface area contributed by atoms with Crippen LogP contribution >= 0.6 is 0 Å². The molecule has 0 radical (unpaired) electrons. The van der Waals surface area contributed by atoms with Gasteiger partial charge < -0.3 is 4.90 Å². The highest BCUT2D eigenvalue weighted by molar-refractivity contribution is 5.77. The number of halogens is 3. The molecule has 2 aromatic carbocycles. The minimum absolute atomic E-state index is 0.0767. The number of aryl methyl sites for hydroxylation is 1. The lowest BCUT2D eigenvalue weighted by Gasteiger charge is -2.36. The number of aromatic nitrogens is 2. The van der Waals surface area contributed by atoms with Gasteiger partial charge in [0.15, 0.2) is 0 Å². The lowest BCUT2D eigenvalue weighted by molar-refractivity contribution is -0.137. The van der Waals surface area contributed by atoms with E-state index in [0.717, 1.165) is 43.2 Å². The van der Waals surface area contributed by atoms with Gasteiger partial charge >= 0.3 is 11.9 Å². The molecule has 8 heteroatoms. The third-order valence-electron chi connectivity index (χ3n) is 5.77. The maximum atomic E-state index is 12.9. The van der Waals surface area contributed by atoms with E-state index in [1.807, 2.05) is 41.4 Å². The molecule has 1 fully saturated rings. The normalized spacial score (nSPS) is 15.9. The Kier molecular flexibility index (Phi) is 5.91. The number of hydrogen-bond donors (Lipinski definition) is 0. The number of anilines is 1. The Hall–Kier alpha value is -3.00. The maximum absolute atomic E-state index is 12.9. The van der Waals surface area contributed by atoms with Gasteiger partial charge in [-0.2, -0.15) is 13.2 Å². The molecule has 2 heterocycles. The second kappa shape index (κ2) is 8.63. The van der Waals surface area contributed by atoms with Crippen LogP contribution in [0.2, 0.25) is 0 Å². The van der Waals surface area contributed by atoms with Crippen molar-refractivity contribution >= 4 is 22.9 Å². The molecular weight excluding hydrogens is 405 g/mol. The van der Waals surface area contributed by atoms with Crippen molar-refractivity contribution in [3.63, 3.8) is 0 Å². The Labute approximate surface area is 178 Å². The zero-order valence-electron chi connectivity index (χ0n) is 17.3. The topological polar surface area (TPSA) is 33.4 Å². The van der Waals surface area contributed by atoms with Crippen LogP contribution in [0.25, 0.3) is 17.2 Å². The van der Waals surface area contributed by atoms with E-state index in [2.05, 4.69) is 4.90 Å². The molecule has 0 aliphatic carbocycles. The number of nitrogens with zero attached hydrogens (tertiary/aromatic N) is 4. The maximum Gasteiger partial charge on any atom is 0.416 e. The van der Waals surface area contributed by atoms with E-state index >= 15 is 0 Å². The minimum Gasteiger partial charge on any atom is -0.369 e. The standard InChI is InChI=1S/C23H25F3N4O/c1-27-20-9-2-3-10-21(20)30(22(27)31)12-5-4-11-28-13-15-29(16-14-28)19-8-6-7-18(17-19)23(24,25)26/h2-3,5-10,12,17H,4,11,13-16H2,1H3/b12-5+. The molecule has 5 nitrogen and oxygen atoms in total. The third kappa shape index (κ3) is 4.54. The van der Waals surface area contributed by atoms with Gasteiger partial charge in [0.05, 0.1) is 16.6 Å². The number of benzene rings is 2. The first kappa shape index (κ1) is 21.2. The number of piperazine rings is 1. The predicted octanol–water partition coefficient (Wildman–Crippen LogP) is 4.04. The molecule has 1 aromatic heterocycles. The van der Waals surface area contributed by atoms with Crippen molar-refractivity contribution in [2.24, 2.45) is 7.05 Å². The molecule has 0 spiro atoms. The van der Waals surface area contributed by atoms with E-state index in [-0.39, 0.29) is 5.69 Å². The fraction of sp³-hybridized carbons (Fsp3) is 0.348. The van der Waals surface area contributed by atoms with Crippen LogP contribution in [0.5, 0.6) is 0 Å². The summed E-state index contributed by atoms with van der Waals surface area (Å²) in [6.07, 6.45) is 0.284. The van der Waals surface area contributed by atoms with Crippen molar-refractivity contribution in [1.82, 2.24) is 14.0 Å². The molecule has 0 unspecified atom stereocenters. The Morgan fingerprint density at radius 1 is 0.968 bits per heavy atom. The first-order valence-electron chi connectivity index (χ1n) is 10.3. The zero-order chi connectivity index (χ0) is 22.0. The van der Waals surface area contributed by atoms with Gasteiger partial charge in [0.2, 0.25) is 0 Å². The lowest BCUT2D eigenvalue weighted by atomic mass is 10.1. The van der Waals surface area contributed by atoms with Gasteiger partial charge in [0.1, 0.15) is 0 Å². The van der Waals surface area contributed by atoms with Crippen LogP contribution in [0, 0.1) is 0 Å². The number of para-hydroxylation sites is 2. The van der Waals surface area contributed by atoms with Gasteiger partial charge in [0, 0.05) is 51.7 Å². The Morgan fingerprint density at radius 3 is 2.39 bits per heavy atom. The number of rotatable bonds is 5. The average molecular weight is 430 g/mol. The van der Waals surface area contributed by atoms with E-state index in [9.17, 15) is 18.0 Å². The summed E-state index contributed by atoms with van der Waals surface area (Å²) in [5.74, 6) is 0. The number of alkyl halides is 3. The molecule has 0 N–H and O–H groups in total. The van der Waals surface area contributed by atoms with Crippen LogP contribution in [-0.2, 0) is 13.2 Å². The van der Waals surface area contributed by atoms with Gasteiger partial charge in [0.25, 0.3) is 0 Å². The van der Waals surface area contributed by atoms with Crippen molar-refractivity contribution < 1.29 is 13.2 Å². The lowest BCUT2D eigenvalue weighted by Crippen LogP contribution is -2.46. The Balaban J connectivity index is 1.32. The molecule has 1 aliphatic rings. The summed E-state index contributed by atoms with van der Waals surface area (Å²) in [6, 6.07) is 13.2. The Morgan fingerprint density at radius 2 is 1.68 bits per heavy atom. The smallest absolute Gasteiger partial charge is 0.369 e. The van der Waals surface area contributed by atoms with Gasteiger partial charge in [-0.05, 0) is 36.8 Å². The summed E-state index contributed by atoms with van der Waals surface area (Å²) in [6.45, 7) is 3.80. The summed E-state index contributed by atoms with van der Waals surface area (Å²) in [5, 5.41) is 0. The highest BCUT2D eigenvalue weighted by Crippen LogP contribution is 2.31. The molecule has 0 bridgehead atoms. The summed E-state index contributed by atoms with van der Waals surface area (Å²) in [5.41, 5.74) is 1.70. The fourth-order valence-electron chi connectivity index (χ4n) is 4.01. The van der Waals surface area contributed by atoms with Crippen LogP contribution < -0.4 is 10.6 Å². The summed E-state index contributed by atoms with van der Waals surface area (Å²) in [4.78, 5) is 16.7. The van der Waals surface area contributed by atoms with Crippen LogP contribution in [0.1, 0.15) is 12.0 Å². The molecule has 1 saturated heterocycles. The van der Waals surface area contributed by atoms with E-state index in [4.69, 9.17) is 0 Å². The van der Waals surface area contributed by atoms with E-state index in [1.165, 1.54) is 12.1 Å². The van der Waals surface area contributed by atoms with Gasteiger partial charge in [-0.25, -0.2) is 4.79 Å². The van der Waals surface area contributed by atoms with Crippen molar-refractivity contribution in [2.45, 2.75) is 12.6 Å². The fourth-order valence-corrected chi connectivity index (χ4v) is 4.01. The molecule has 4 rings (SSSR count). The quantitative estimate of drug-likeness (QED) is 0.613. The van der Waals surface area contributed by atoms with Crippen molar-refractivity contribution in [1.29, 1.82) is 0 Å². The molecule has 1 aliphatic heterocycles. The monoisotopic (exact) mass is 430 g/mol. The first-order chi connectivity index (χ1) is 14.8. The molecule has 0 saturated carbocycles. The van der Waals surface area contributed by atoms with E-state index < -0.39 is 11.7 Å². The Bertz CT molecular complexity index is 1140. The second-order valence-corrected chi connectivity index (χ2v) is 7.75. The summed E-state index contributed by atoms with van der Waals surface area (Å²) >= 11 is 0. The van der Waals surface area contributed by atoms with Crippen molar-refractivity contribution in [3.8, 4) is 0 Å². The highest BCUT2D eigenvalue weighted by atomic mass is 19.4. The summed E-state index contributed by atoms with van der Waals surface area (Å²) < 4.78 is 42.1. The minimum atomic E-state index is -4.32. The average Bonchev–Trinajstić information content (AvgIpc) is 3.01. The molecule has 0 atom stereocenters. The van der Waals surface area contributed by atoms with Gasteiger partial charge in [-0.15, -0.1) is 0 Å². The molecular formula is C23H25F3N4O. The zero-order valence-corrected chi connectivity index (χ0v) is 17.3. The van der Waals surface area contributed by atoms with E-state index in [1.54, 1.807) is 22.2 Å².